The Hall–Kier alpha value is -1.03. The largest absolute Gasteiger partial charge is 0.384 e. The molecule has 0 aliphatic heterocycles. The normalized spacial score (nSPS) is 14.1. The van der Waals surface area contributed by atoms with Gasteiger partial charge in [-0.15, -0.1) is 0 Å². The summed E-state index contributed by atoms with van der Waals surface area (Å²) >= 11 is 0. The van der Waals surface area contributed by atoms with E-state index in [2.05, 4.69) is 0 Å². The van der Waals surface area contributed by atoms with Crippen LogP contribution in [0.5, 0.6) is 0 Å². The minimum Gasteiger partial charge on any atom is -0.203 e. The highest BCUT2D eigenvalue weighted by Gasteiger charge is 2.77. The first-order valence-electron chi connectivity index (χ1n) is 3.43. The summed E-state index contributed by atoms with van der Waals surface area (Å²) in [6.07, 6.45) is -9.31. The summed E-state index contributed by atoms with van der Waals surface area (Å²) in [4.78, 5) is 0. The zero-order valence-electron chi connectivity index (χ0n) is 7.23. The molecule has 11 heteroatoms. The third-order valence-electron chi connectivity index (χ3n) is 1.53. The maximum atomic E-state index is 12.3. The van der Waals surface area contributed by atoms with E-state index in [-0.39, 0.29) is 0 Å². The fourth-order valence-corrected chi connectivity index (χ4v) is 0.603. The topological polar surface area (TPSA) is 0 Å². The third kappa shape index (κ3) is 2.32. The van der Waals surface area contributed by atoms with Crippen molar-refractivity contribution in [3.05, 3.63) is 11.9 Å². The lowest BCUT2D eigenvalue weighted by Crippen LogP contribution is -2.57. The zero-order chi connectivity index (χ0) is 14.2. The average Bonchev–Trinajstić information content (AvgIpc) is 2.15. The van der Waals surface area contributed by atoms with E-state index in [4.69, 9.17) is 0 Å². The Bertz CT molecular complexity index is 310. The highest BCUT2D eigenvalue weighted by molar-refractivity contribution is 5.14. The van der Waals surface area contributed by atoms with Gasteiger partial charge in [0.25, 0.3) is 0 Å². The Labute approximate surface area is 85.7 Å². The molecule has 102 valence electrons. The summed E-state index contributed by atoms with van der Waals surface area (Å²) < 4.78 is 130. The van der Waals surface area contributed by atoms with Crippen LogP contribution in [0.1, 0.15) is 0 Å². The summed E-state index contributed by atoms with van der Waals surface area (Å²) in [6, 6.07) is 0. The van der Waals surface area contributed by atoms with Crippen molar-refractivity contribution in [3.8, 4) is 0 Å². The van der Waals surface area contributed by atoms with Crippen LogP contribution in [0.4, 0.5) is 48.3 Å². The van der Waals surface area contributed by atoms with Crippen LogP contribution in [-0.2, 0) is 0 Å². The first-order chi connectivity index (χ1) is 7.30. The lowest BCUT2D eigenvalue weighted by molar-refractivity contribution is -0.331. The molecule has 17 heavy (non-hydrogen) atoms. The van der Waals surface area contributed by atoms with Gasteiger partial charge in [-0.3, -0.25) is 0 Å². The minimum absolute atomic E-state index is 4.01. The first kappa shape index (κ1) is 16.0. The Balaban J connectivity index is 5.70. The van der Waals surface area contributed by atoms with Crippen molar-refractivity contribution in [3.63, 3.8) is 0 Å². The summed E-state index contributed by atoms with van der Waals surface area (Å²) in [5, 5.41) is 0. The van der Waals surface area contributed by atoms with E-state index in [0.29, 0.717) is 0 Å². The number of rotatable bonds is 4. The zero-order valence-corrected chi connectivity index (χ0v) is 7.23. The highest BCUT2D eigenvalue weighted by Crippen LogP contribution is 2.52. The molecule has 0 aliphatic carbocycles. The second kappa shape index (κ2) is 4.33. The molecule has 0 fully saturated rings. The van der Waals surface area contributed by atoms with Gasteiger partial charge in [0, 0.05) is 0 Å². The van der Waals surface area contributed by atoms with Crippen molar-refractivity contribution in [1.29, 1.82) is 0 Å². The van der Waals surface area contributed by atoms with Gasteiger partial charge in [0.15, 0.2) is 0 Å². The van der Waals surface area contributed by atoms with Gasteiger partial charge in [-0.2, -0.15) is 39.5 Å². The third-order valence-corrected chi connectivity index (χ3v) is 1.53. The van der Waals surface area contributed by atoms with E-state index < -0.39 is 36.1 Å². The fourth-order valence-electron chi connectivity index (χ4n) is 0.603. The predicted molar refractivity (Wildman–Crippen MR) is 31.2 cm³/mol. The van der Waals surface area contributed by atoms with E-state index in [1.165, 1.54) is 0 Å². The molecular formula is C6HF11. The van der Waals surface area contributed by atoms with Gasteiger partial charge in [-0.25, -0.2) is 8.78 Å². The van der Waals surface area contributed by atoms with E-state index in [1.807, 2.05) is 0 Å². The van der Waals surface area contributed by atoms with E-state index in [0.717, 1.165) is 0 Å². The van der Waals surface area contributed by atoms with Crippen LogP contribution >= 0.6 is 0 Å². The summed E-state index contributed by atoms with van der Waals surface area (Å²) in [5.41, 5.74) is 0. The number of halogens is 11. The monoisotopic (exact) mass is 282 g/mol. The molecule has 0 aromatic rings. The number of alkyl halides is 8. The van der Waals surface area contributed by atoms with Gasteiger partial charge in [0.1, 0.15) is 0 Å². The van der Waals surface area contributed by atoms with Crippen LogP contribution in [0.25, 0.3) is 0 Å². The minimum atomic E-state index is -7.01. The van der Waals surface area contributed by atoms with Crippen molar-refractivity contribution in [2.75, 3.05) is 0 Å². The molecule has 0 atom stereocenters. The van der Waals surface area contributed by atoms with Gasteiger partial charge in [0.05, 0.1) is 0 Å². The van der Waals surface area contributed by atoms with Crippen LogP contribution in [0.15, 0.2) is 11.9 Å². The van der Waals surface area contributed by atoms with Crippen LogP contribution in [0.2, 0.25) is 0 Å². The lowest BCUT2D eigenvalue weighted by atomic mass is 10.0. The Morgan fingerprint density at radius 3 is 1.35 bits per heavy atom. The van der Waals surface area contributed by atoms with Crippen molar-refractivity contribution < 1.29 is 48.3 Å². The number of allylic oxidation sites excluding steroid dienone is 1. The van der Waals surface area contributed by atoms with Crippen LogP contribution < -0.4 is 0 Å². The first-order valence-corrected chi connectivity index (χ1v) is 3.43. The molecule has 0 bridgehead atoms. The maximum absolute atomic E-state index is 12.3. The lowest BCUT2D eigenvalue weighted by Gasteiger charge is -2.30. The van der Waals surface area contributed by atoms with Crippen LogP contribution in [0.3, 0.4) is 0 Å². The van der Waals surface area contributed by atoms with Gasteiger partial charge < -0.3 is 0 Å². The molecule has 0 saturated carbocycles. The van der Waals surface area contributed by atoms with Crippen molar-refractivity contribution in [2.45, 2.75) is 24.2 Å². The second-order valence-corrected chi connectivity index (χ2v) is 2.65. The molecule has 0 heterocycles. The molecule has 0 amide bonds. The van der Waals surface area contributed by atoms with Gasteiger partial charge in [0.2, 0.25) is 5.83 Å². The standard InChI is InChI=1S/C6HF11/c7-1(2(8)9)4(12,13)6(16,17)5(14,15)3(10)11/h3H. The Morgan fingerprint density at radius 1 is 0.765 bits per heavy atom. The highest BCUT2D eigenvalue weighted by atomic mass is 19.4. The van der Waals surface area contributed by atoms with Gasteiger partial charge in [-0.05, 0) is 0 Å². The second-order valence-electron chi connectivity index (χ2n) is 2.65. The Kier molecular flexibility index (Phi) is 4.07. The summed E-state index contributed by atoms with van der Waals surface area (Å²) in [6.45, 7) is 0. The number of hydrogen-bond acceptors (Lipinski definition) is 0. The molecule has 0 rings (SSSR count). The van der Waals surface area contributed by atoms with E-state index >= 15 is 0 Å². The SMILES string of the molecule is FC(F)=C(F)C(F)(F)C(F)(F)C(F)(F)C(F)F. The van der Waals surface area contributed by atoms with Gasteiger partial charge in [-0.1, -0.05) is 0 Å². The maximum Gasteiger partial charge on any atom is 0.384 e. The predicted octanol–water partition coefficient (Wildman–Crippen LogP) is 4.24. The molecule has 0 aliphatic rings. The molecular weight excluding hydrogens is 281 g/mol. The van der Waals surface area contributed by atoms with E-state index in [1.54, 1.807) is 0 Å². The Morgan fingerprint density at radius 2 is 1.12 bits per heavy atom. The quantitative estimate of drug-likeness (QED) is 0.677. The molecule has 0 N–H and O–H groups in total. The van der Waals surface area contributed by atoms with Crippen molar-refractivity contribution >= 4 is 0 Å². The molecule has 0 aromatic carbocycles. The molecule has 0 saturated heterocycles. The molecule has 0 aromatic heterocycles. The van der Waals surface area contributed by atoms with Gasteiger partial charge >= 0.3 is 30.3 Å². The van der Waals surface area contributed by atoms with Crippen LogP contribution in [-0.4, -0.2) is 24.2 Å². The van der Waals surface area contributed by atoms with Crippen molar-refractivity contribution in [1.82, 2.24) is 0 Å². The van der Waals surface area contributed by atoms with Crippen LogP contribution in [0, 0.1) is 0 Å². The molecule has 0 nitrogen and oxygen atoms in total. The van der Waals surface area contributed by atoms with E-state index in [9.17, 15) is 48.3 Å². The molecule has 0 spiro atoms. The summed E-state index contributed by atoms with van der Waals surface area (Å²) in [5.74, 6) is -24.6. The van der Waals surface area contributed by atoms with Crippen molar-refractivity contribution in [2.24, 2.45) is 0 Å². The molecule has 0 unspecified atom stereocenters. The molecule has 0 radical (unpaired) electrons. The fraction of sp³-hybridized carbons (Fsp3) is 0.667. The smallest absolute Gasteiger partial charge is 0.203 e. The summed E-state index contributed by atoms with van der Waals surface area (Å²) in [7, 11) is 0. The number of hydrogen-bond donors (Lipinski definition) is 0. The average molecular weight is 282 g/mol.